The normalized spacial score (nSPS) is 42.2. The molecule has 3 unspecified atom stereocenters. The Labute approximate surface area is 99.2 Å². The largest absolute Gasteiger partial charge is 0.394 e. The first-order valence-electron chi connectivity index (χ1n) is 6.74. The Bertz CT molecular complexity index is 228. The minimum absolute atomic E-state index is 0.0913. The van der Waals surface area contributed by atoms with E-state index in [0.29, 0.717) is 6.61 Å². The summed E-state index contributed by atoms with van der Waals surface area (Å²) in [5, 5.41) is 13.2. The van der Waals surface area contributed by atoms with Gasteiger partial charge in [-0.15, -0.1) is 0 Å². The van der Waals surface area contributed by atoms with Crippen LogP contribution in [0.25, 0.3) is 0 Å². The summed E-state index contributed by atoms with van der Waals surface area (Å²) in [4.78, 5) is 2.53. The quantitative estimate of drug-likeness (QED) is 0.739. The fourth-order valence-corrected chi connectivity index (χ4v) is 3.35. The van der Waals surface area contributed by atoms with Gasteiger partial charge in [0.2, 0.25) is 0 Å². The van der Waals surface area contributed by atoms with Gasteiger partial charge in [0.15, 0.2) is 0 Å². The van der Waals surface area contributed by atoms with Crippen LogP contribution in [0.4, 0.5) is 0 Å². The molecule has 2 N–H and O–H groups in total. The summed E-state index contributed by atoms with van der Waals surface area (Å²) in [6, 6.07) is 0. The molecule has 2 fully saturated rings. The number of hydrogen-bond donors (Lipinski definition) is 2. The summed E-state index contributed by atoms with van der Waals surface area (Å²) in [7, 11) is 0. The zero-order valence-corrected chi connectivity index (χ0v) is 10.7. The van der Waals surface area contributed by atoms with E-state index in [2.05, 4.69) is 24.1 Å². The fraction of sp³-hybridized carbons (Fsp3) is 1.00. The van der Waals surface area contributed by atoms with Crippen LogP contribution in [0.3, 0.4) is 0 Å². The highest BCUT2D eigenvalue weighted by molar-refractivity contribution is 4.97. The zero-order chi connectivity index (χ0) is 11.6. The Balaban J connectivity index is 2.06. The molecule has 0 spiro atoms. The van der Waals surface area contributed by atoms with Gasteiger partial charge in [-0.05, 0) is 31.1 Å². The van der Waals surface area contributed by atoms with Gasteiger partial charge in [-0.2, -0.15) is 0 Å². The van der Waals surface area contributed by atoms with E-state index in [0.717, 1.165) is 38.0 Å². The molecule has 0 amide bonds. The van der Waals surface area contributed by atoms with Crippen LogP contribution in [-0.2, 0) is 0 Å². The Hall–Kier alpha value is -0.120. The average Bonchev–Trinajstić information content (AvgIpc) is 2.34. The van der Waals surface area contributed by atoms with E-state index in [-0.39, 0.29) is 5.54 Å². The van der Waals surface area contributed by atoms with Gasteiger partial charge in [0.1, 0.15) is 0 Å². The summed E-state index contributed by atoms with van der Waals surface area (Å²) in [6.45, 7) is 9.38. The molecule has 1 saturated carbocycles. The van der Waals surface area contributed by atoms with Crippen molar-refractivity contribution in [3.05, 3.63) is 0 Å². The Morgan fingerprint density at radius 2 is 1.94 bits per heavy atom. The topological polar surface area (TPSA) is 35.5 Å². The van der Waals surface area contributed by atoms with E-state index in [9.17, 15) is 5.11 Å². The molecule has 2 rings (SSSR count). The number of piperazine rings is 1. The van der Waals surface area contributed by atoms with E-state index in [4.69, 9.17) is 0 Å². The smallest absolute Gasteiger partial charge is 0.0615 e. The lowest BCUT2D eigenvalue weighted by Gasteiger charge is -2.50. The molecule has 16 heavy (non-hydrogen) atoms. The van der Waals surface area contributed by atoms with Crippen LogP contribution in [0.2, 0.25) is 0 Å². The molecule has 1 heterocycles. The molecule has 0 aromatic heterocycles. The van der Waals surface area contributed by atoms with Gasteiger partial charge in [0.25, 0.3) is 0 Å². The summed E-state index contributed by atoms with van der Waals surface area (Å²) in [6.07, 6.45) is 3.62. The van der Waals surface area contributed by atoms with Gasteiger partial charge in [-0.3, -0.25) is 4.90 Å². The van der Waals surface area contributed by atoms with Gasteiger partial charge in [-0.1, -0.05) is 13.8 Å². The maximum atomic E-state index is 9.84. The summed E-state index contributed by atoms with van der Waals surface area (Å²) in [5.74, 6) is 1.57. The molecule has 1 saturated heterocycles. The zero-order valence-electron chi connectivity index (χ0n) is 10.7. The first-order chi connectivity index (χ1) is 7.68. The third kappa shape index (κ3) is 2.27. The van der Waals surface area contributed by atoms with Crippen LogP contribution < -0.4 is 5.32 Å². The van der Waals surface area contributed by atoms with Gasteiger partial charge in [0.05, 0.1) is 6.61 Å². The van der Waals surface area contributed by atoms with Crippen LogP contribution in [0.5, 0.6) is 0 Å². The number of aliphatic hydroxyl groups excluding tert-OH is 1. The highest BCUT2D eigenvalue weighted by Crippen LogP contribution is 2.39. The van der Waals surface area contributed by atoms with Crippen molar-refractivity contribution in [1.82, 2.24) is 10.2 Å². The monoisotopic (exact) mass is 226 g/mol. The molecule has 3 atom stereocenters. The standard InChI is InChI=1S/C13H26N2O/c1-11-3-4-13(10-16,9-12(11)2)15-7-5-14-6-8-15/h11-12,14,16H,3-10H2,1-2H3. The summed E-state index contributed by atoms with van der Waals surface area (Å²) >= 11 is 0. The number of nitrogens with one attached hydrogen (secondary N) is 1. The first kappa shape index (κ1) is 12.3. The predicted octanol–water partition coefficient (Wildman–Crippen LogP) is 1.08. The van der Waals surface area contributed by atoms with E-state index >= 15 is 0 Å². The second kappa shape index (κ2) is 5.03. The van der Waals surface area contributed by atoms with Crippen molar-refractivity contribution in [1.29, 1.82) is 0 Å². The summed E-state index contributed by atoms with van der Waals surface area (Å²) < 4.78 is 0. The van der Waals surface area contributed by atoms with Crippen LogP contribution >= 0.6 is 0 Å². The van der Waals surface area contributed by atoms with Crippen LogP contribution in [0, 0.1) is 11.8 Å². The molecular weight excluding hydrogens is 200 g/mol. The van der Waals surface area contributed by atoms with E-state index in [1.165, 1.54) is 19.3 Å². The Kier molecular flexibility index (Phi) is 3.88. The molecule has 94 valence electrons. The number of hydrogen-bond acceptors (Lipinski definition) is 3. The number of aliphatic hydroxyl groups is 1. The fourth-order valence-electron chi connectivity index (χ4n) is 3.35. The minimum Gasteiger partial charge on any atom is -0.394 e. The van der Waals surface area contributed by atoms with E-state index in [1.54, 1.807) is 0 Å². The molecule has 3 heteroatoms. The van der Waals surface area contributed by atoms with Crippen molar-refractivity contribution in [3.63, 3.8) is 0 Å². The molecule has 2 aliphatic rings. The van der Waals surface area contributed by atoms with Gasteiger partial charge in [-0.25, -0.2) is 0 Å². The van der Waals surface area contributed by atoms with Crippen molar-refractivity contribution < 1.29 is 5.11 Å². The van der Waals surface area contributed by atoms with E-state index in [1.807, 2.05) is 0 Å². The first-order valence-corrected chi connectivity index (χ1v) is 6.74. The maximum Gasteiger partial charge on any atom is 0.0615 e. The van der Waals surface area contributed by atoms with Crippen molar-refractivity contribution in [3.8, 4) is 0 Å². The number of nitrogens with zero attached hydrogens (tertiary/aromatic N) is 1. The minimum atomic E-state index is 0.0913. The van der Waals surface area contributed by atoms with Crippen molar-refractivity contribution in [2.75, 3.05) is 32.8 Å². The highest BCUT2D eigenvalue weighted by atomic mass is 16.3. The maximum absolute atomic E-state index is 9.84. The third-order valence-corrected chi connectivity index (χ3v) is 4.82. The molecule has 0 aromatic rings. The van der Waals surface area contributed by atoms with Crippen LogP contribution in [-0.4, -0.2) is 48.3 Å². The highest BCUT2D eigenvalue weighted by Gasteiger charge is 2.41. The molecular formula is C13H26N2O. The summed E-state index contributed by atoms with van der Waals surface area (Å²) in [5.41, 5.74) is 0.0913. The molecule has 1 aliphatic carbocycles. The van der Waals surface area contributed by atoms with Gasteiger partial charge in [0, 0.05) is 31.7 Å². The third-order valence-electron chi connectivity index (χ3n) is 4.82. The van der Waals surface area contributed by atoms with Crippen molar-refractivity contribution in [2.24, 2.45) is 11.8 Å². The second-order valence-corrected chi connectivity index (χ2v) is 5.82. The predicted molar refractivity (Wildman–Crippen MR) is 66.4 cm³/mol. The SMILES string of the molecule is CC1CCC(CO)(N2CCNCC2)CC1C. The Morgan fingerprint density at radius 3 is 2.50 bits per heavy atom. The molecule has 0 aromatic carbocycles. The number of rotatable bonds is 2. The molecule has 3 nitrogen and oxygen atoms in total. The molecule has 0 bridgehead atoms. The lowest BCUT2D eigenvalue weighted by molar-refractivity contribution is -0.0312. The lowest BCUT2D eigenvalue weighted by Crippen LogP contribution is -2.60. The van der Waals surface area contributed by atoms with Gasteiger partial charge < -0.3 is 10.4 Å². The Morgan fingerprint density at radius 1 is 1.25 bits per heavy atom. The average molecular weight is 226 g/mol. The van der Waals surface area contributed by atoms with Crippen molar-refractivity contribution >= 4 is 0 Å². The lowest BCUT2D eigenvalue weighted by atomic mass is 9.70. The van der Waals surface area contributed by atoms with Crippen molar-refractivity contribution in [2.45, 2.75) is 38.6 Å². The van der Waals surface area contributed by atoms with Gasteiger partial charge >= 0.3 is 0 Å². The van der Waals surface area contributed by atoms with Crippen LogP contribution in [0.1, 0.15) is 33.1 Å². The van der Waals surface area contributed by atoms with E-state index < -0.39 is 0 Å². The second-order valence-electron chi connectivity index (χ2n) is 5.82. The van der Waals surface area contributed by atoms with Crippen LogP contribution in [0.15, 0.2) is 0 Å². The molecule has 1 aliphatic heterocycles. The molecule has 0 radical (unpaired) electrons.